The van der Waals surface area contributed by atoms with Crippen LogP contribution < -0.4 is 19.3 Å². The molecule has 0 saturated heterocycles. The van der Waals surface area contributed by atoms with E-state index in [9.17, 15) is 13.2 Å². The van der Waals surface area contributed by atoms with E-state index in [1.54, 1.807) is 41.9 Å². The number of hydrogen-bond donors (Lipinski definition) is 2. The van der Waals surface area contributed by atoms with Crippen molar-refractivity contribution >= 4 is 21.6 Å². The average molecular weight is 378 g/mol. The number of fused-ring (bicyclic) bond motifs is 1. The molecule has 2 aromatic carbocycles. The first-order valence-electron chi connectivity index (χ1n) is 7.72. The van der Waals surface area contributed by atoms with E-state index in [0.717, 1.165) is 4.31 Å². The van der Waals surface area contributed by atoms with Crippen LogP contribution >= 0.6 is 0 Å². The van der Waals surface area contributed by atoms with E-state index in [-0.39, 0.29) is 17.1 Å². The van der Waals surface area contributed by atoms with Crippen molar-refractivity contribution in [3.63, 3.8) is 0 Å². The molecule has 0 radical (unpaired) electrons. The van der Waals surface area contributed by atoms with Crippen LogP contribution in [0.15, 0.2) is 47.4 Å². The van der Waals surface area contributed by atoms with Gasteiger partial charge < -0.3 is 9.47 Å². The summed E-state index contributed by atoms with van der Waals surface area (Å²) in [7, 11) is -1.16. The Labute approximate surface area is 151 Å². The van der Waals surface area contributed by atoms with E-state index in [1.165, 1.54) is 20.3 Å². The van der Waals surface area contributed by atoms with Gasteiger partial charge in [0.05, 0.1) is 32.4 Å². The molecule has 138 valence electrons. The first kappa shape index (κ1) is 18.0. The number of nitrogens with zero attached hydrogens (tertiary/aromatic N) is 1. The van der Waals surface area contributed by atoms with Crippen LogP contribution in [0.1, 0.15) is 18.0 Å². The van der Waals surface area contributed by atoms with Gasteiger partial charge in [-0.05, 0) is 18.2 Å². The summed E-state index contributed by atoms with van der Waals surface area (Å²) in [5, 5.41) is 8.91. The fourth-order valence-corrected chi connectivity index (χ4v) is 5.10. The molecule has 2 aromatic rings. The lowest BCUT2D eigenvalue weighted by Gasteiger charge is -2.25. The number of benzene rings is 2. The van der Waals surface area contributed by atoms with E-state index in [2.05, 4.69) is 0 Å². The summed E-state index contributed by atoms with van der Waals surface area (Å²) in [5.41, 5.74) is 2.33. The second kappa shape index (κ2) is 6.85. The molecule has 1 atom stereocenters. The van der Waals surface area contributed by atoms with Crippen molar-refractivity contribution in [1.82, 2.24) is 5.48 Å². The molecule has 0 aromatic heterocycles. The smallest absolute Gasteiger partial charge is 0.268 e. The molecule has 1 heterocycles. The SMILES string of the molecule is COc1cc(OC)c2c(c1)C(CC(=O)NO)N(c1ccccc1)S2(=O)=O. The summed E-state index contributed by atoms with van der Waals surface area (Å²) >= 11 is 0. The summed E-state index contributed by atoms with van der Waals surface area (Å²) in [4.78, 5) is 11.8. The van der Waals surface area contributed by atoms with Crippen molar-refractivity contribution in [2.45, 2.75) is 17.4 Å². The number of carbonyl (C=O) groups excluding carboxylic acids is 1. The Bertz CT molecular complexity index is 930. The highest BCUT2D eigenvalue weighted by atomic mass is 32.2. The van der Waals surface area contributed by atoms with Gasteiger partial charge in [-0.2, -0.15) is 0 Å². The molecule has 1 unspecified atom stereocenters. The molecule has 2 N–H and O–H groups in total. The maximum Gasteiger partial charge on any atom is 0.268 e. The summed E-state index contributed by atoms with van der Waals surface area (Å²) in [6.07, 6.45) is -0.270. The monoisotopic (exact) mass is 378 g/mol. The zero-order chi connectivity index (χ0) is 18.9. The van der Waals surface area contributed by atoms with Crippen molar-refractivity contribution in [3.8, 4) is 11.5 Å². The van der Waals surface area contributed by atoms with Gasteiger partial charge in [0.2, 0.25) is 5.91 Å². The van der Waals surface area contributed by atoms with Gasteiger partial charge in [0.1, 0.15) is 16.4 Å². The number of nitrogens with one attached hydrogen (secondary N) is 1. The van der Waals surface area contributed by atoms with E-state index in [1.807, 2.05) is 0 Å². The molecular formula is C17H18N2O6S. The van der Waals surface area contributed by atoms with Crippen LogP contribution in [0.5, 0.6) is 11.5 Å². The molecule has 0 aliphatic carbocycles. The highest BCUT2D eigenvalue weighted by molar-refractivity contribution is 7.93. The number of anilines is 1. The molecule has 26 heavy (non-hydrogen) atoms. The Morgan fingerprint density at radius 2 is 1.88 bits per heavy atom. The average Bonchev–Trinajstić information content (AvgIpc) is 2.88. The summed E-state index contributed by atoms with van der Waals surface area (Å²) in [5.74, 6) is -0.173. The number of para-hydroxylation sites is 1. The highest BCUT2D eigenvalue weighted by Gasteiger charge is 2.46. The lowest BCUT2D eigenvalue weighted by Crippen LogP contribution is -2.32. The van der Waals surface area contributed by atoms with Gasteiger partial charge in [-0.25, -0.2) is 13.9 Å². The van der Waals surface area contributed by atoms with E-state index in [4.69, 9.17) is 14.7 Å². The Morgan fingerprint density at radius 1 is 1.19 bits per heavy atom. The standard InChI is InChI=1S/C17H18N2O6S/c1-24-12-8-13-14(10-16(20)18-21)19(11-6-4-3-5-7-11)26(22,23)17(13)15(9-12)25-2/h3-9,14,21H,10H2,1-2H3,(H,18,20). The van der Waals surface area contributed by atoms with Gasteiger partial charge in [0.15, 0.2) is 0 Å². The van der Waals surface area contributed by atoms with Crippen molar-refractivity contribution in [1.29, 1.82) is 0 Å². The van der Waals surface area contributed by atoms with Gasteiger partial charge >= 0.3 is 0 Å². The zero-order valence-corrected chi connectivity index (χ0v) is 15.0. The Morgan fingerprint density at radius 3 is 2.46 bits per heavy atom. The predicted molar refractivity (Wildman–Crippen MR) is 92.9 cm³/mol. The van der Waals surface area contributed by atoms with E-state index < -0.39 is 22.0 Å². The van der Waals surface area contributed by atoms with E-state index in [0.29, 0.717) is 17.0 Å². The topological polar surface area (TPSA) is 105 Å². The first-order valence-corrected chi connectivity index (χ1v) is 9.16. The predicted octanol–water partition coefficient (Wildman–Crippen LogP) is 1.85. The van der Waals surface area contributed by atoms with Crippen LogP contribution in [0.4, 0.5) is 5.69 Å². The maximum absolute atomic E-state index is 13.3. The number of methoxy groups -OCH3 is 2. The van der Waals surface area contributed by atoms with E-state index >= 15 is 0 Å². The fraction of sp³-hybridized carbons (Fsp3) is 0.235. The lowest BCUT2D eigenvalue weighted by molar-refractivity contribution is -0.129. The second-order valence-corrected chi connectivity index (χ2v) is 7.39. The third-order valence-electron chi connectivity index (χ3n) is 4.19. The van der Waals surface area contributed by atoms with Crippen molar-refractivity contribution in [2.75, 3.05) is 18.5 Å². The summed E-state index contributed by atoms with van der Waals surface area (Å²) < 4.78 is 38.2. The minimum Gasteiger partial charge on any atom is -0.497 e. The molecule has 0 saturated carbocycles. The first-order chi connectivity index (χ1) is 12.4. The van der Waals surface area contributed by atoms with Crippen LogP contribution in [0.2, 0.25) is 0 Å². The molecule has 3 rings (SSSR count). The number of rotatable bonds is 5. The molecule has 0 bridgehead atoms. The second-order valence-electron chi connectivity index (χ2n) is 5.64. The largest absolute Gasteiger partial charge is 0.497 e. The van der Waals surface area contributed by atoms with Gasteiger partial charge in [-0.3, -0.25) is 14.3 Å². The number of ether oxygens (including phenoxy) is 2. The molecule has 1 aliphatic heterocycles. The van der Waals surface area contributed by atoms with Crippen molar-refractivity contribution < 1.29 is 27.9 Å². The van der Waals surface area contributed by atoms with Gasteiger partial charge in [-0.1, -0.05) is 18.2 Å². The maximum atomic E-state index is 13.3. The minimum absolute atomic E-state index is 0.0135. The van der Waals surface area contributed by atoms with Gasteiger partial charge in [-0.15, -0.1) is 0 Å². The number of amides is 1. The van der Waals surface area contributed by atoms with Crippen LogP contribution in [0.25, 0.3) is 0 Å². The third kappa shape index (κ3) is 2.85. The molecule has 0 spiro atoms. The van der Waals surface area contributed by atoms with Crippen LogP contribution in [0.3, 0.4) is 0 Å². The molecule has 9 heteroatoms. The number of sulfonamides is 1. The molecule has 0 fully saturated rings. The van der Waals surface area contributed by atoms with Crippen LogP contribution in [-0.4, -0.2) is 33.8 Å². The number of carbonyl (C=O) groups is 1. The lowest BCUT2D eigenvalue weighted by atomic mass is 10.0. The Hall–Kier alpha value is -2.78. The summed E-state index contributed by atoms with van der Waals surface area (Å²) in [6, 6.07) is 10.6. The molecule has 8 nitrogen and oxygen atoms in total. The molecule has 1 amide bonds. The quantitative estimate of drug-likeness (QED) is 0.608. The molecular weight excluding hydrogens is 360 g/mol. The minimum atomic E-state index is -3.98. The highest BCUT2D eigenvalue weighted by Crippen LogP contribution is 2.49. The fourth-order valence-electron chi connectivity index (χ4n) is 3.09. The third-order valence-corrected chi connectivity index (χ3v) is 6.12. The number of hydroxylamine groups is 1. The van der Waals surface area contributed by atoms with Crippen molar-refractivity contribution in [2.24, 2.45) is 0 Å². The van der Waals surface area contributed by atoms with Crippen LogP contribution in [-0.2, 0) is 14.8 Å². The van der Waals surface area contributed by atoms with Crippen LogP contribution in [0, 0.1) is 0 Å². The Kier molecular flexibility index (Phi) is 4.75. The zero-order valence-electron chi connectivity index (χ0n) is 14.2. The Balaban J connectivity index is 2.27. The van der Waals surface area contributed by atoms with Gasteiger partial charge in [0.25, 0.3) is 10.0 Å². The van der Waals surface area contributed by atoms with Gasteiger partial charge in [0, 0.05) is 11.6 Å². The summed E-state index contributed by atoms with van der Waals surface area (Å²) in [6.45, 7) is 0. The molecule has 1 aliphatic rings. The normalized spacial score (nSPS) is 17.5. The van der Waals surface area contributed by atoms with Crippen molar-refractivity contribution in [3.05, 3.63) is 48.0 Å². The number of hydrogen-bond acceptors (Lipinski definition) is 6.